The minimum Gasteiger partial charge on any atom is -0.507 e. The summed E-state index contributed by atoms with van der Waals surface area (Å²) in [5, 5.41) is 44.1. The van der Waals surface area contributed by atoms with E-state index in [9.17, 15) is 30.0 Å². The molecule has 58 heavy (non-hydrogen) atoms. The van der Waals surface area contributed by atoms with E-state index in [1.54, 1.807) is 48.5 Å². The number of fused-ring (bicyclic) bond motifs is 3. The van der Waals surface area contributed by atoms with Crippen molar-refractivity contribution in [3.05, 3.63) is 172 Å². The van der Waals surface area contributed by atoms with Gasteiger partial charge in [-0.05, 0) is 95.9 Å². The number of nitrogens with zero attached hydrogens (tertiary/aromatic N) is 3. The summed E-state index contributed by atoms with van der Waals surface area (Å²) in [7, 11) is 6.35. The van der Waals surface area contributed by atoms with Gasteiger partial charge in [0, 0.05) is 78.3 Å². The van der Waals surface area contributed by atoms with E-state index in [1.807, 2.05) is 0 Å². The maximum atomic E-state index is 11.6. The molecule has 6 aromatic carbocycles. The highest BCUT2D eigenvalue weighted by molar-refractivity contribution is 6.02. The first-order chi connectivity index (χ1) is 27.8. The highest BCUT2D eigenvalue weighted by Crippen LogP contribution is 2.39. The van der Waals surface area contributed by atoms with Crippen molar-refractivity contribution >= 4 is 50.1 Å². The van der Waals surface area contributed by atoms with E-state index in [2.05, 4.69) is 116 Å². The Labute approximate surface area is 336 Å². The number of anilines is 1. The molecule has 0 unspecified atom stereocenters. The number of hydrogen-bond acceptors (Lipinski definition) is 5. The quantitative estimate of drug-likeness (QED) is 0.108. The summed E-state index contributed by atoms with van der Waals surface area (Å²) in [6, 6.07) is 41.0. The summed E-state index contributed by atoms with van der Waals surface area (Å²) in [6.45, 7) is 4.43. The van der Waals surface area contributed by atoms with Crippen LogP contribution in [0.4, 0.5) is 5.69 Å². The van der Waals surface area contributed by atoms with Gasteiger partial charge < -0.3 is 29.9 Å². The fourth-order valence-electron chi connectivity index (χ4n) is 7.97. The van der Waals surface area contributed by atoms with Gasteiger partial charge in [-0.1, -0.05) is 66.7 Å². The van der Waals surface area contributed by atoms with Crippen LogP contribution in [0.2, 0.25) is 0 Å². The number of carboxylic acid groups (broad SMARTS) is 2. The molecular weight excluding hydrogens is 727 g/mol. The summed E-state index contributed by atoms with van der Waals surface area (Å²) in [6.07, 6.45) is 2.03. The Morgan fingerprint density at radius 1 is 0.638 bits per heavy atom. The number of pyridine rings is 1. The molecule has 0 amide bonds. The number of rotatable bonds is 9. The Kier molecular flexibility index (Phi) is 10.9. The molecule has 0 saturated carbocycles. The van der Waals surface area contributed by atoms with Gasteiger partial charge in [-0.15, -0.1) is 0 Å². The lowest BCUT2D eigenvalue weighted by Crippen LogP contribution is -2.34. The minimum absolute atomic E-state index is 0.0407. The maximum absolute atomic E-state index is 11.6. The average Bonchev–Trinajstić information content (AvgIpc) is 3.50. The molecule has 8 aromatic rings. The molecule has 0 aliphatic rings. The summed E-state index contributed by atoms with van der Waals surface area (Å²) < 4.78 is 4.70. The zero-order valence-electron chi connectivity index (χ0n) is 33.2. The van der Waals surface area contributed by atoms with Gasteiger partial charge in [-0.25, -0.2) is 9.59 Å². The summed E-state index contributed by atoms with van der Waals surface area (Å²) >= 11 is 0. The minimum atomic E-state index is -1.28. The van der Waals surface area contributed by atoms with Gasteiger partial charge in [0.05, 0.1) is 0 Å². The molecule has 0 fully saturated rings. The van der Waals surface area contributed by atoms with Crippen molar-refractivity contribution in [1.29, 1.82) is 0 Å². The van der Waals surface area contributed by atoms with E-state index < -0.39 is 23.4 Å². The first-order valence-corrected chi connectivity index (χ1v) is 19.1. The third-order valence-corrected chi connectivity index (χ3v) is 11.0. The maximum Gasteiger partial charge on any atom is 0.339 e. The van der Waals surface area contributed by atoms with Gasteiger partial charge in [0.25, 0.3) is 0 Å². The van der Waals surface area contributed by atoms with Crippen LogP contribution in [0.1, 0.15) is 54.5 Å². The molecule has 0 spiro atoms. The van der Waals surface area contributed by atoms with Crippen molar-refractivity contribution < 1.29 is 34.6 Å². The summed E-state index contributed by atoms with van der Waals surface area (Å²) in [5.41, 5.74) is 9.29. The second kappa shape index (κ2) is 16.2. The van der Waals surface area contributed by atoms with E-state index in [-0.39, 0.29) is 17.5 Å². The van der Waals surface area contributed by atoms with Crippen LogP contribution in [0.5, 0.6) is 11.5 Å². The van der Waals surface area contributed by atoms with Crippen molar-refractivity contribution in [2.24, 2.45) is 7.05 Å². The van der Waals surface area contributed by atoms with Crippen LogP contribution in [-0.2, 0) is 26.3 Å². The number of carbonyl (C=O) groups is 2. The molecule has 0 saturated heterocycles. The average molecular weight is 773 g/mol. The predicted molar refractivity (Wildman–Crippen MR) is 230 cm³/mol. The van der Waals surface area contributed by atoms with Crippen molar-refractivity contribution in [2.75, 3.05) is 19.0 Å². The first kappa shape index (κ1) is 39.1. The van der Waals surface area contributed by atoms with Crippen LogP contribution in [0.25, 0.3) is 38.1 Å². The van der Waals surface area contributed by atoms with Crippen LogP contribution in [0, 0.1) is 13.8 Å². The summed E-state index contributed by atoms with van der Waals surface area (Å²) in [5.74, 6) is -3.36. The van der Waals surface area contributed by atoms with Crippen molar-refractivity contribution in [3.63, 3.8) is 0 Å². The fraction of sp³-hybridized carbons (Fsp3) is 0.163. The number of benzene rings is 6. The molecule has 2 aromatic heterocycles. The number of aromatic hydroxyl groups is 2. The smallest absolute Gasteiger partial charge is 0.339 e. The van der Waals surface area contributed by atoms with Crippen molar-refractivity contribution in [1.82, 2.24) is 4.57 Å². The summed E-state index contributed by atoms with van der Waals surface area (Å²) in [4.78, 5) is 25.4. The Hall–Kier alpha value is -7.13. The van der Waals surface area contributed by atoms with Crippen LogP contribution in [0.15, 0.2) is 127 Å². The van der Waals surface area contributed by atoms with Gasteiger partial charge in [0.15, 0.2) is 5.69 Å². The molecule has 8 rings (SSSR count). The molecule has 0 radical (unpaired) electrons. The zero-order chi connectivity index (χ0) is 41.2. The van der Waals surface area contributed by atoms with Crippen LogP contribution in [0.3, 0.4) is 0 Å². The van der Waals surface area contributed by atoms with Gasteiger partial charge in [0.2, 0.25) is 5.52 Å². The number of carboxylic acids is 2. The normalized spacial score (nSPS) is 11.1. The highest BCUT2D eigenvalue weighted by atomic mass is 16.4. The molecule has 0 bridgehead atoms. The molecular formula is C49H46N3O6+. The Morgan fingerprint density at radius 2 is 1.19 bits per heavy atom. The van der Waals surface area contributed by atoms with Gasteiger partial charge in [-0.2, -0.15) is 4.57 Å². The molecule has 0 aliphatic carbocycles. The Morgan fingerprint density at radius 3 is 1.74 bits per heavy atom. The zero-order valence-corrected chi connectivity index (χ0v) is 33.2. The molecule has 9 heteroatoms. The number of phenols is 2. The number of aryl methyl sites for hydroxylation is 4. The number of para-hydroxylation sites is 1. The first-order valence-electron chi connectivity index (χ1n) is 19.1. The number of hydrogen-bond donors (Lipinski definition) is 4. The van der Waals surface area contributed by atoms with Gasteiger partial charge >= 0.3 is 11.9 Å². The van der Waals surface area contributed by atoms with Crippen LogP contribution in [-0.4, -0.2) is 51.0 Å². The van der Waals surface area contributed by atoms with Crippen molar-refractivity contribution in [2.45, 2.75) is 33.1 Å². The van der Waals surface area contributed by atoms with E-state index in [1.165, 1.54) is 57.1 Å². The molecule has 292 valence electrons. The van der Waals surface area contributed by atoms with Crippen LogP contribution < -0.4 is 9.47 Å². The fourth-order valence-corrected chi connectivity index (χ4v) is 7.97. The monoisotopic (exact) mass is 772 g/mol. The van der Waals surface area contributed by atoms with Gasteiger partial charge in [0.1, 0.15) is 29.7 Å². The standard InChI is InChI=1S/C26H30N3.C23H16O6/c1-19-17-21(20(2)29(19)24-9-7-6-8-10-24)11-13-23-14-12-22-18-25(27(3)4)15-16-26(22)28(23)5;24-20-16(14-7-3-1-5-12(14)9-18(20)22(26)27)11-17-15-8-4-2-6-13(15)10-19(21(17)25)23(28)29/h6-10,12,14-18H,11,13H2,1-5H3;1-10,24-25H,11H2,(H,26,27)(H,28,29)/q+1;. The lowest BCUT2D eigenvalue weighted by molar-refractivity contribution is -0.652. The van der Waals surface area contributed by atoms with E-state index in [0.29, 0.717) is 32.7 Å². The van der Waals surface area contributed by atoms with Crippen LogP contribution >= 0.6 is 0 Å². The molecule has 0 aliphatic heterocycles. The molecule has 4 N–H and O–H groups in total. The second-order valence-electron chi connectivity index (χ2n) is 14.8. The second-order valence-corrected chi connectivity index (χ2v) is 14.8. The lowest BCUT2D eigenvalue weighted by atomic mass is 9.90. The SMILES string of the molecule is Cc1cc(CCc2ccc3cc(N(C)C)ccc3[n+]2C)c(C)n1-c1ccccc1.O=C(O)c1cc2ccccc2c(Cc2c(O)c(C(=O)O)cc3ccccc23)c1O. The van der Waals surface area contributed by atoms with E-state index in [0.717, 1.165) is 12.8 Å². The van der Waals surface area contributed by atoms with E-state index >= 15 is 0 Å². The third-order valence-electron chi connectivity index (χ3n) is 11.0. The topological polar surface area (TPSA) is 127 Å². The Balaban J connectivity index is 0.000000177. The molecule has 9 nitrogen and oxygen atoms in total. The van der Waals surface area contributed by atoms with E-state index in [4.69, 9.17) is 0 Å². The third kappa shape index (κ3) is 7.54. The predicted octanol–water partition coefficient (Wildman–Crippen LogP) is 9.31. The largest absolute Gasteiger partial charge is 0.507 e. The molecule has 0 atom stereocenters. The molecule has 2 heterocycles. The van der Waals surface area contributed by atoms with Crippen molar-refractivity contribution in [3.8, 4) is 17.2 Å². The van der Waals surface area contributed by atoms with Gasteiger partial charge in [-0.3, -0.25) is 0 Å². The Bertz CT molecular complexity index is 2760. The number of aromatic carboxylic acids is 2. The number of aromatic nitrogens is 2. The lowest BCUT2D eigenvalue weighted by Gasteiger charge is -2.16. The highest BCUT2D eigenvalue weighted by Gasteiger charge is 2.23.